The van der Waals surface area contributed by atoms with Gasteiger partial charge < -0.3 is 5.73 Å². The Kier molecular flexibility index (Phi) is 4.03. The average Bonchev–Trinajstić information content (AvgIpc) is 2.45. The molecule has 19 heavy (non-hydrogen) atoms. The third-order valence-corrected chi connectivity index (χ3v) is 5.36. The molecule has 0 saturated heterocycles. The minimum atomic E-state index is 0.119. The van der Waals surface area contributed by atoms with Crippen molar-refractivity contribution in [1.82, 2.24) is 4.90 Å². The fourth-order valence-electron chi connectivity index (χ4n) is 3.26. The minimum Gasteiger partial charge on any atom is -0.329 e. The van der Waals surface area contributed by atoms with Gasteiger partial charge in [0.05, 0.1) is 0 Å². The summed E-state index contributed by atoms with van der Waals surface area (Å²) in [6.45, 7) is 7.65. The van der Waals surface area contributed by atoms with Crippen LogP contribution in [0.15, 0.2) is 24.3 Å². The summed E-state index contributed by atoms with van der Waals surface area (Å²) in [6, 6.07) is 8.83. The van der Waals surface area contributed by atoms with Gasteiger partial charge in [0, 0.05) is 17.6 Å². The van der Waals surface area contributed by atoms with Crippen molar-refractivity contribution >= 4 is 0 Å². The van der Waals surface area contributed by atoms with E-state index in [9.17, 15) is 0 Å². The van der Waals surface area contributed by atoms with E-state index < -0.39 is 0 Å². The standard InChI is InChI=1S/C17H28N2/c1-5-16(2,3)19(4)17(13-18)11-10-14-8-6-7-9-15(14)12-17/h6-9H,5,10-13,18H2,1-4H3. The maximum Gasteiger partial charge on any atom is 0.0377 e. The van der Waals surface area contributed by atoms with Gasteiger partial charge in [-0.25, -0.2) is 0 Å². The van der Waals surface area contributed by atoms with Crippen molar-refractivity contribution in [3.05, 3.63) is 35.4 Å². The second-order valence-corrected chi connectivity index (χ2v) is 6.60. The van der Waals surface area contributed by atoms with E-state index in [4.69, 9.17) is 5.73 Å². The first kappa shape index (κ1) is 14.5. The summed E-state index contributed by atoms with van der Waals surface area (Å²) in [5.74, 6) is 0. The molecule has 0 radical (unpaired) electrons. The molecule has 0 spiro atoms. The van der Waals surface area contributed by atoms with Crippen molar-refractivity contribution in [2.45, 2.75) is 57.5 Å². The SMILES string of the molecule is CCC(C)(C)N(C)C1(CN)CCc2ccccc2C1. The van der Waals surface area contributed by atoms with E-state index >= 15 is 0 Å². The Morgan fingerprint density at radius 1 is 1.26 bits per heavy atom. The first-order chi connectivity index (χ1) is 8.95. The van der Waals surface area contributed by atoms with Crippen LogP contribution in [-0.2, 0) is 12.8 Å². The summed E-state index contributed by atoms with van der Waals surface area (Å²) in [4.78, 5) is 2.54. The third kappa shape index (κ3) is 2.56. The lowest BCUT2D eigenvalue weighted by molar-refractivity contribution is 0.0140. The lowest BCUT2D eigenvalue weighted by Crippen LogP contribution is -2.62. The second-order valence-electron chi connectivity index (χ2n) is 6.60. The molecule has 0 aromatic heterocycles. The number of fused-ring (bicyclic) bond motifs is 1. The fraction of sp³-hybridized carbons (Fsp3) is 0.647. The van der Waals surface area contributed by atoms with Crippen molar-refractivity contribution < 1.29 is 0 Å². The van der Waals surface area contributed by atoms with Gasteiger partial charge in [0.2, 0.25) is 0 Å². The molecule has 1 unspecified atom stereocenters. The van der Waals surface area contributed by atoms with Gasteiger partial charge in [0.15, 0.2) is 0 Å². The number of hydrogen-bond donors (Lipinski definition) is 1. The van der Waals surface area contributed by atoms with Gasteiger partial charge in [-0.15, -0.1) is 0 Å². The van der Waals surface area contributed by atoms with E-state index in [1.807, 2.05) is 0 Å². The van der Waals surface area contributed by atoms with Crippen molar-refractivity contribution in [3.63, 3.8) is 0 Å². The lowest BCUT2D eigenvalue weighted by atomic mass is 9.75. The Morgan fingerprint density at radius 3 is 2.47 bits per heavy atom. The zero-order valence-corrected chi connectivity index (χ0v) is 12.9. The molecular weight excluding hydrogens is 232 g/mol. The molecule has 1 aliphatic carbocycles. The number of benzene rings is 1. The zero-order chi connectivity index (χ0) is 14.1. The highest BCUT2D eigenvalue weighted by Gasteiger charge is 2.41. The lowest BCUT2D eigenvalue weighted by Gasteiger charge is -2.51. The molecule has 1 aromatic carbocycles. The Labute approximate surface area is 118 Å². The first-order valence-corrected chi connectivity index (χ1v) is 7.46. The summed E-state index contributed by atoms with van der Waals surface area (Å²) in [5, 5.41) is 0. The topological polar surface area (TPSA) is 29.3 Å². The van der Waals surface area contributed by atoms with Crippen LogP contribution in [0.2, 0.25) is 0 Å². The van der Waals surface area contributed by atoms with Crippen molar-refractivity contribution in [2.24, 2.45) is 5.73 Å². The van der Waals surface area contributed by atoms with E-state index in [0.29, 0.717) is 0 Å². The molecule has 0 aliphatic heterocycles. The molecule has 1 aliphatic rings. The predicted octanol–water partition coefficient (Wildman–Crippen LogP) is 2.99. The molecule has 1 atom stereocenters. The quantitative estimate of drug-likeness (QED) is 0.902. The highest BCUT2D eigenvalue weighted by molar-refractivity contribution is 5.32. The maximum atomic E-state index is 6.21. The number of nitrogens with zero attached hydrogens (tertiary/aromatic N) is 1. The normalized spacial score (nSPS) is 23.5. The molecule has 2 heteroatoms. The Balaban J connectivity index is 2.31. The number of aryl methyl sites for hydroxylation is 1. The van der Waals surface area contributed by atoms with Gasteiger partial charge in [-0.2, -0.15) is 0 Å². The molecule has 106 valence electrons. The van der Waals surface area contributed by atoms with Gasteiger partial charge in [-0.05, 0) is 57.7 Å². The Bertz CT molecular complexity index is 439. The van der Waals surface area contributed by atoms with Crippen molar-refractivity contribution in [3.8, 4) is 0 Å². The first-order valence-electron chi connectivity index (χ1n) is 7.46. The van der Waals surface area contributed by atoms with E-state index in [1.54, 1.807) is 0 Å². The number of hydrogen-bond acceptors (Lipinski definition) is 2. The van der Waals surface area contributed by atoms with Crippen LogP contribution in [0.25, 0.3) is 0 Å². The monoisotopic (exact) mass is 260 g/mol. The molecule has 0 heterocycles. The van der Waals surface area contributed by atoms with Gasteiger partial charge in [-0.1, -0.05) is 31.2 Å². The summed E-state index contributed by atoms with van der Waals surface area (Å²) in [7, 11) is 2.25. The number of rotatable bonds is 4. The largest absolute Gasteiger partial charge is 0.329 e. The molecule has 2 nitrogen and oxygen atoms in total. The molecule has 0 saturated carbocycles. The van der Waals surface area contributed by atoms with Crippen molar-refractivity contribution in [2.75, 3.05) is 13.6 Å². The summed E-state index contributed by atoms with van der Waals surface area (Å²) in [5.41, 5.74) is 9.52. The van der Waals surface area contributed by atoms with Crippen LogP contribution in [-0.4, -0.2) is 29.6 Å². The van der Waals surface area contributed by atoms with Gasteiger partial charge in [-0.3, -0.25) is 4.90 Å². The van der Waals surface area contributed by atoms with Crippen LogP contribution in [0.4, 0.5) is 0 Å². The molecule has 2 rings (SSSR count). The molecule has 0 bridgehead atoms. The Hall–Kier alpha value is -0.860. The second kappa shape index (κ2) is 5.26. The number of likely N-dealkylation sites (N-methyl/N-ethyl adjacent to an activating group) is 1. The molecule has 2 N–H and O–H groups in total. The molecule has 0 fully saturated rings. The summed E-state index contributed by atoms with van der Waals surface area (Å²) >= 11 is 0. The van der Waals surface area contributed by atoms with Crippen LogP contribution in [0.5, 0.6) is 0 Å². The van der Waals surface area contributed by atoms with Gasteiger partial charge in [0.25, 0.3) is 0 Å². The van der Waals surface area contributed by atoms with E-state index in [2.05, 4.69) is 57.0 Å². The minimum absolute atomic E-state index is 0.119. The molecule has 0 amide bonds. The third-order valence-electron chi connectivity index (χ3n) is 5.36. The number of nitrogens with two attached hydrogens (primary N) is 1. The van der Waals surface area contributed by atoms with Gasteiger partial charge in [0.1, 0.15) is 0 Å². The van der Waals surface area contributed by atoms with E-state index in [-0.39, 0.29) is 11.1 Å². The Morgan fingerprint density at radius 2 is 1.89 bits per heavy atom. The van der Waals surface area contributed by atoms with E-state index in [0.717, 1.165) is 25.8 Å². The van der Waals surface area contributed by atoms with Crippen LogP contribution < -0.4 is 5.73 Å². The van der Waals surface area contributed by atoms with Gasteiger partial charge >= 0.3 is 0 Å². The van der Waals surface area contributed by atoms with Crippen LogP contribution in [0.1, 0.15) is 44.7 Å². The van der Waals surface area contributed by atoms with Crippen LogP contribution in [0.3, 0.4) is 0 Å². The molecule has 1 aromatic rings. The summed E-state index contributed by atoms with van der Waals surface area (Å²) in [6.07, 6.45) is 4.55. The van der Waals surface area contributed by atoms with Crippen molar-refractivity contribution in [1.29, 1.82) is 0 Å². The summed E-state index contributed by atoms with van der Waals surface area (Å²) < 4.78 is 0. The maximum absolute atomic E-state index is 6.21. The predicted molar refractivity (Wildman–Crippen MR) is 82.4 cm³/mol. The van der Waals surface area contributed by atoms with Crippen LogP contribution >= 0.6 is 0 Å². The van der Waals surface area contributed by atoms with E-state index in [1.165, 1.54) is 17.5 Å². The zero-order valence-electron chi connectivity index (χ0n) is 12.9. The highest BCUT2D eigenvalue weighted by atomic mass is 15.2. The average molecular weight is 260 g/mol. The fourth-order valence-corrected chi connectivity index (χ4v) is 3.26. The smallest absolute Gasteiger partial charge is 0.0377 e. The van der Waals surface area contributed by atoms with Crippen LogP contribution in [0, 0.1) is 0 Å². The molecular formula is C17H28N2. The highest BCUT2D eigenvalue weighted by Crippen LogP contribution is 2.36.